The first kappa shape index (κ1) is 10.0. The van der Waals surface area contributed by atoms with Crippen LogP contribution < -0.4 is 11.5 Å². The van der Waals surface area contributed by atoms with E-state index >= 15 is 0 Å². The van der Waals surface area contributed by atoms with Gasteiger partial charge in [-0.15, -0.1) is 0 Å². The molecule has 0 saturated heterocycles. The number of carbonyl (C=O) groups is 1. The third kappa shape index (κ3) is 2.22. The first-order valence-corrected chi connectivity index (χ1v) is 3.94. The summed E-state index contributed by atoms with van der Waals surface area (Å²) in [5, 5.41) is 8.70. The fourth-order valence-corrected chi connectivity index (χ4v) is 1.05. The van der Waals surface area contributed by atoms with Crippen LogP contribution in [0.4, 0.5) is 5.69 Å². The van der Waals surface area contributed by atoms with Gasteiger partial charge < -0.3 is 16.6 Å². The Morgan fingerprint density at radius 3 is 2.50 bits per heavy atom. The quantitative estimate of drug-likeness (QED) is 0.472. The number of benzene rings is 1. The molecule has 74 valence electrons. The summed E-state index contributed by atoms with van der Waals surface area (Å²) in [7, 11) is 0. The maximum Gasteiger partial charge on any atom is 0.335 e. The topological polar surface area (TPSA) is 102 Å². The molecule has 0 heterocycles. The Morgan fingerprint density at radius 1 is 1.43 bits per heavy atom. The summed E-state index contributed by atoms with van der Waals surface area (Å²) in [6.45, 7) is 1.74. The first-order chi connectivity index (χ1) is 6.50. The van der Waals surface area contributed by atoms with Crippen LogP contribution in [0.2, 0.25) is 0 Å². The fourth-order valence-electron chi connectivity index (χ4n) is 1.05. The molecule has 1 rings (SSSR count). The van der Waals surface area contributed by atoms with Gasteiger partial charge in [0.2, 0.25) is 0 Å². The van der Waals surface area contributed by atoms with E-state index in [0.717, 1.165) is 5.56 Å². The molecular weight excluding hydrogens is 182 g/mol. The van der Waals surface area contributed by atoms with Crippen LogP contribution in [-0.2, 0) is 0 Å². The number of nitrogens with zero attached hydrogens (tertiary/aromatic N) is 1. The van der Waals surface area contributed by atoms with Crippen molar-refractivity contribution < 1.29 is 9.90 Å². The van der Waals surface area contributed by atoms with E-state index in [9.17, 15) is 4.79 Å². The zero-order chi connectivity index (χ0) is 10.7. The Labute approximate surface area is 81.1 Å². The van der Waals surface area contributed by atoms with Crippen molar-refractivity contribution in [1.82, 2.24) is 0 Å². The van der Waals surface area contributed by atoms with Crippen LogP contribution in [0.5, 0.6) is 0 Å². The van der Waals surface area contributed by atoms with E-state index in [-0.39, 0.29) is 11.5 Å². The van der Waals surface area contributed by atoms with E-state index in [1.54, 1.807) is 13.0 Å². The van der Waals surface area contributed by atoms with Crippen molar-refractivity contribution in [3.05, 3.63) is 29.3 Å². The van der Waals surface area contributed by atoms with Gasteiger partial charge in [-0.25, -0.2) is 9.79 Å². The molecule has 5 N–H and O–H groups in total. The molecule has 0 radical (unpaired) electrons. The van der Waals surface area contributed by atoms with Crippen LogP contribution in [0.25, 0.3) is 0 Å². The standard InChI is InChI=1S/C9H11N3O2/c1-5-4-6(8(13)14)2-3-7(5)12-9(10)11/h2-4H,1H3,(H,13,14)(H4,10,11,12). The van der Waals surface area contributed by atoms with Crippen LogP contribution in [-0.4, -0.2) is 17.0 Å². The van der Waals surface area contributed by atoms with Crippen molar-refractivity contribution in [2.45, 2.75) is 6.92 Å². The van der Waals surface area contributed by atoms with Gasteiger partial charge in [0, 0.05) is 0 Å². The molecule has 0 aromatic heterocycles. The zero-order valence-electron chi connectivity index (χ0n) is 7.69. The van der Waals surface area contributed by atoms with Gasteiger partial charge in [0.1, 0.15) is 0 Å². The lowest BCUT2D eigenvalue weighted by atomic mass is 10.1. The van der Waals surface area contributed by atoms with Crippen molar-refractivity contribution in [3.63, 3.8) is 0 Å². The van der Waals surface area contributed by atoms with Crippen molar-refractivity contribution in [2.75, 3.05) is 0 Å². The molecule has 0 saturated carbocycles. The highest BCUT2D eigenvalue weighted by Crippen LogP contribution is 2.19. The zero-order valence-corrected chi connectivity index (χ0v) is 7.69. The highest BCUT2D eigenvalue weighted by molar-refractivity contribution is 5.88. The average Bonchev–Trinajstić information content (AvgIpc) is 2.07. The molecule has 0 bridgehead atoms. The van der Waals surface area contributed by atoms with Gasteiger partial charge in [-0.2, -0.15) is 0 Å². The van der Waals surface area contributed by atoms with E-state index in [2.05, 4.69) is 4.99 Å². The molecule has 0 atom stereocenters. The minimum absolute atomic E-state index is 0.0452. The molecule has 0 amide bonds. The minimum Gasteiger partial charge on any atom is -0.478 e. The molecule has 0 unspecified atom stereocenters. The molecule has 0 aliphatic rings. The second-order valence-electron chi connectivity index (χ2n) is 2.84. The van der Waals surface area contributed by atoms with Gasteiger partial charge >= 0.3 is 5.97 Å². The predicted molar refractivity (Wildman–Crippen MR) is 53.6 cm³/mol. The van der Waals surface area contributed by atoms with Gasteiger partial charge in [-0.05, 0) is 30.7 Å². The van der Waals surface area contributed by atoms with Gasteiger partial charge in [0.15, 0.2) is 5.96 Å². The number of rotatable bonds is 2. The maximum atomic E-state index is 10.6. The summed E-state index contributed by atoms with van der Waals surface area (Å²) in [5.41, 5.74) is 11.9. The number of hydrogen-bond donors (Lipinski definition) is 3. The Kier molecular flexibility index (Phi) is 2.71. The molecule has 5 heteroatoms. The van der Waals surface area contributed by atoms with E-state index in [1.165, 1.54) is 12.1 Å². The number of hydrogen-bond acceptors (Lipinski definition) is 2. The van der Waals surface area contributed by atoms with E-state index in [1.807, 2.05) is 0 Å². The monoisotopic (exact) mass is 193 g/mol. The molecule has 0 fully saturated rings. The molecular formula is C9H11N3O2. The molecule has 5 nitrogen and oxygen atoms in total. The predicted octanol–water partition coefficient (Wildman–Crippen LogP) is 0.598. The smallest absolute Gasteiger partial charge is 0.335 e. The third-order valence-electron chi connectivity index (χ3n) is 1.69. The van der Waals surface area contributed by atoms with Crippen molar-refractivity contribution >= 4 is 17.6 Å². The fraction of sp³-hybridized carbons (Fsp3) is 0.111. The Hall–Kier alpha value is -2.04. The Balaban J connectivity index is 3.14. The van der Waals surface area contributed by atoms with Crippen LogP contribution in [0.1, 0.15) is 15.9 Å². The molecule has 14 heavy (non-hydrogen) atoms. The largest absolute Gasteiger partial charge is 0.478 e. The summed E-state index contributed by atoms with van der Waals surface area (Å²) < 4.78 is 0. The van der Waals surface area contributed by atoms with E-state index in [0.29, 0.717) is 5.69 Å². The SMILES string of the molecule is Cc1cc(C(=O)O)ccc1N=C(N)N. The highest BCUT2D eigenvalue weighted by atomic mass is 16.4. The lowest BCUT2D eigenvalue weighted by molar-refractivity contribution is 0.0697. The lowest BCUT2D eigenvalue weighted by Crippen LogP contribution is -2.22. The van der Waals surface area contributed by atoms with E-state index in [4.69, 9.17) is 16.6 Å². The first-order valence-electron chi connectivity index (χ1n) is 3.94. The number of guanidine groups is 1. The van der Waals surface area contributed by atoms with Gasteiger partial charge in [-0.3, -0.25) is 0 Å². The number of aliphatic imine (C=N–C) groups is 1. The van der Waals surface area contributed by atoms with Crippen molar-refractivity contribution in [3.8, 4) is 0 Å². The van der Waals surface area contributed by atoms with Gasteiger partial charge in [0.05, 0.1) is 11.3 Å². The Morgan fingerprint density at radius 2 is 2.07 bits per heavy atom. The van der Waals surface area contributed by atoms with Crippen LogP contribution in [0.15, 0.2) is 23.2 Å². The number of aryl methyl sites for hydroxylation is 1. The molecule has 0 aliphatic carbocycles. The number of aromatic carboxylic acids is 1. The van der Waals surface area contributed by atoms with Crippen molar-refractivity contribution in [2.24, 2.45) is 16.5 Å². The molecule has 1 aromatic carbocycles. The van der Waals surface area contributed by atoms with Crippen molar-refractivity contribution in [1.29, 1.82) is 0 Å². The molecule has 0 spiro atoms. The van der Waals surface area contributed by atoms with E-state index < -0.39 is 5.97 Å². The van der Waals surface area contributed by atoms with Gasteiger partial charge in [0.25, 0.3) is 0 Å². The lowest BCUT2D eigenvalue weighted by Gasteiger charge is -2.01. The van der Waals surface area contributed by atoms with Crippen LogP contribution in [0, 0.1) is 6.92 Å². The highest BCUT2D eigenvalue weighted by Gasteiger charge is 2.04. The molecule has 0 aliphatic heterocycles. The second kappa shape index (κ2) is 3.78. The summed E-state index contributed by atoms with van der Waals surface area (Å²) in [6.07, 6.45) is 0. The van der Waals surface area contributed by atoms with Crippen LogP contribution in [0.3, 0.4) is 0 Å². The maximum absolute atomic E-state index is 10.6. The number of nitrogens with two attached hydrogens (primary N) is 2. The minimum atomic E-state index is -0.968. The summed E-state index contributed by atoms with van der Waals surface area (Å²) in [4.78, 5) is 14.4. The normalized spacial score (nSPS) is 9.50. The third-order valence-corrected chi connectivity index (χ3v) is 1.69. The average molecular weight is 193 g/mol. The second-order valence-corrected chi connectivity index (χ2v) is 2.84. The van der Waals surface area contributed by atoms with Crippen LogP contribution >= 0.6 is 0 Å². The summed E-state index contributed by atoms with van der Waals surface area (Å²) in [5.74, 6) is -1.01. The number of carboxylic acids is 1. The summed E-state index contributed by atoms with van der Waals surface area (Å²) in [6, 6.07) is 4.54. The Bertz CT molecular complexity index is 395. The summed E-state index contributed by atoms with van der Waals surface area (Å²) >= 11 is 0. The number of carboxylic acid groups (broad SMARTS) is 1. The van der Waals surface area contributed by atoms with Gasteiger partial charge in [-0.1, -0.05) is 0 Å². The molecule has 1 aromatic rings.